The minimum atomic E-state index is -0.737. The number of nitrogens with zero attached hydrogens (tertiary/aromatic N) is 1. The van der Waals surface area contributed by atoms with Crippen LogP contribution < -0.4 is 0 Å². The predicted octanol–water partition coefficient (Wildman–Crippen LogP) is 2.50. The Bertz CT molecular complexity index is 592. The van der Waals surface area contributed by atoms with Crippen LogP contribution in [0.4, 0.5) is 0 Å². The first-order valence-corrected chi connectivity index (χ1v) is 8.67. The number of ether oxygens (including phenoxy) is 2. The van der Waals surface area contributed by atoms with E-state index < -0.39 is 11.1 Å². The third-order valence-electron chi connectivity index (χ3n) is 5.64. The Labute approximate surface area is 143 Å². The number of methoxy groups -OCH3 is 1. The van der Waals surface area contributed by atoms with E-state index in [-0.39, 0.29) is 24.7 Å². The fraction of sp³-hybridized carbons (Fsp3) is 0.632. The molecule has 4 atom stereocenters. The van der Waals surface area contributed by atoms with Gasteiger partial charge in [0.25, 0.3) is 0 Å². The zero-order valence-corrected chi connectivity index (χ0v) is 14.7. The van der Waals surface area contributed by atoms with Gasteiger partial charge in [-0.1, -0.05) is 37.3 Å². The monoisotopic (exact) mass is 333 g/mol. The smallest absolute Gasteiger partial charge is 0.233 e. The third-order valence-corrected chi connectivity index (χ3v) is 5.64. The van der Waals surface area contributed by atoms with E-state index in [0.717, 1.165) is 18.4 Å². The van der Waals surface area contributed by atoms with E-state index in [2.05, 4.69) is 6.92 Å². The minimum Gasteiger partial charge on any atom is -0.395 e. The van der Waals surface area contributed by atoms with Crippen LogP contribution in [0.25, 0.3) is 0 Å². The van der Waals surface area contributed by atoms with Crippen molar-refractivity contribution < 1.29 is 19.4 Å². The molecule has 5 nitrogen and oxygen atoms in total. The molecular weight excluding hydrogens is 306 g/mol. The molecule has 132 valence electrons. The maximum atomic E-state index is 13.2. The predicted molar refractivity (Wildman–Crippen MR) is 90.2 cm³/mol. The number of aliphatic hydroxyl groups excluding tert-OH is 1. The average Bonchev–Trinajstić information content (AvgIpc) is 2.95. The fourth-order valence-corrected chi connectivity index (χ4v) is 4.04. The number of amides is 1. The molecule has 2 fully saturated rings. The largest absolute Gasteiger partial charge is 0.395 e. The van der Waals surface area contributed by atoms with Gasteiger partial charge < -0.3 is 19.5 Å². The maximum Gasteiger partial charge on any atom is 0.233 e. The first-order chi connectivity index (χ1) is 11.5. The highest BCUT2D eigenvalue weighted by Crippen LogP contribution is 2.51. The molecule has 5 heteroatoms. The van der Waals surface area contributed by atoms with Gasteiger partial charge in [0.05, 0.1) is 24.7 Å². The standard InChI is InChI=1S/C19H27NO4/c1-4-19-11-10-18(2,13-21)17(22)20(19)15(12-23-3)16(24-19)14-8-6-5-7-9-14/h5-9,15-16,21H,4,10-13H2,1-3H3/t15-,16-,18-,19+/m0/s1. The van der Waals surface area contributed by atoms with Crippen molar-refractivity contribution in [3.63, 3.8) is 0 Å². The van der Waals surface area contributed by atoms with Crippen LogP contribution in [0.15, 0.2) is 30.3 Å². The second kappa shape index (κ2) is 6.47. The molecule has 1 aromatic rings. The fourth-order valence-electron chi connectivity index (χ4n) is 4.04. The lowest BCUT2D eigenvalue weighted by Gasteiger charge is -2.48. The normalized spacial score (nSPS) is 36.0. The Morgan fingerprint density at radius 1 is 1.33 bits per heavy atom. The summed E-state index contributed by atoms with van der Waals surface area (Å²) in [6.45, 7) is 4.17. The third kappa shape index (κ3) is 2.55. The van der Waals surface area contributed by atoms with Crippen molar-refractivity contribution in [2.75, 3.05) is 20.3 Å². The second-order valence-corrected chi connectivity index (χ2v) is 7.17. The molecule has 0 radical (unpaired) electrons. The number of hydrogen-bond donors (Lipinski definition) is 1. The number of fused-ring (bicyclic) bond motifs is 1. The summed E-state index contributed by atoms with van der Waals surface area (Å²) in [6, 6.07) is 9.82. The van der Waals surface area contributed by atoms with Crippen LogP contribution >= 0.6 is 0 Å². The molecule has 2 heterocycles. The summed E-state index contributed by atoms with van der Waals surface area (Å²) >= 11 is 0. The van der Waals surface area contributed by atoms with Gasteiger partial charge in [0, 0.05) is 7.11 Å². The number of aliphatic hydroxyl groups is 1. The molecule has 2 saturated heterocycles. The Hall–Kier alpha value is -1.43. The topological polar surface area (TPSA) is 59.0 Å². The summed E-state index contributed by atoms with van der Waals surface area (Å²) < 4.78 is 11.9. The van der Waals surface area contributed by atoms with Gasteiger partial charge in [-0.2, -0.15) is 0 Å². The van der Waals surface area contributed by atoms with Crippen LogP contribution in [0, 0.1) is 5.41 Å². The number of rotatable bonds is 5. The molecule has 2 aliphatic rings. The number of piperidine rings is 1. The number of carbonyl (C=O) groups is 1. The van der Waals surface area contributed by atoms with Crippen molar-refractivity contribution >= 4 is 5.91 Å². The van der Waals surface area contributed by atoms with Gasteiger partial charge >= 0.3 is 0 Å². The molecule has 24 heavy (non-hydrogen) atoms. The van der Waals surface area contributed by atoms with Crippen molar-refractivity contribution in [1.82, 2.24) is 4.90 Å². The summed E-state index contributed by atoms with van der Waals surface area (Å²) in [7, 11) is 1.65. The molecule has 2 aliphatic heterocycles. The Kier molecular flexibility index (Phi) is 4.69. The second-order valence-electron chi connectivity index (χ2n) is 7.17. The number of benzene rings is 1. The summed E-state index contributed by atoms with van der Waals surface area (Å²) in [5, 5.41) is 9.78. The molecule has 1 N–H and O–H groups in total. The van der Waals surface area contributed by atoms with E-state index in [1.165, 1.54) is 0 Å². The van der Waals surface area contributed by atoms with E-state index in [0.29, 0.717) is 13.0 Å². The van der Waals surface area contributed by atoms with Crippen molar-refractivity contribution in [1.29, 1.82) is 0 Å². The van der Waals surface area contributed by atoms with Crippen LogP contribution in [-0.2, 0) is 14.3 Å². The van der Waals surface area contributed by atoms with Crippen LogP contribution in [0.5, 0.6) is 0 Å². The van der Waals surface area contributed by atoms with Gasteiger partial charge in [-0.3, -0.25) is 4.79 Å². The molecule has 0 saturated carbocycles. The van der Waals surface area contributed by atoms with Gasteiger partial charge in [-0.15, -0.1) is 0 Å². The van der Waals surface area contributed by atoms with Gasteiger partial charge in [-0.25, -0.2) is 0 Å². The first-order valence-electron chi connectivity index (χ1n) is 8.67. The van der Waals surface area contributed by atoms with Crippen LogP contribution in [0.2, 0.25) is 0 Å². The minimum absolute atomic E-state index is 0.0291. The molecule has 3 rings (SSSR count). The van der Waals surface area contributed by atoms with E-state index >= 15 is 0 Å². The van der Waals surface area contributed by atoms with Gasteiger partial charge in [0.15, 0.2) is 0 Å². The van der Waals surface area contributed by atoms with Crippen LogP contribution in [0.1, 0.15) is 44.8 Å². The molecule has 1 amide bonds. The molecule has 0 aliphatic carbocycles. The summed E-state index contributed by atoms with van der Waals surface area (Å²) in [5.74, 6) is -0.0291. The highest BCUT2D eigenvalue weighted by molar-refractivity contribution is 5.84. The van der Waals surface area contributed by atoms with Gasteiger partial charge in [0.2, 0.25) is 5.91 Å². The quantitative estimate of drug-likeness (QED) is 0.899. The lowest BCUT2D eigenvalue weighted by molar-refractivity contribution is -0.184. The molecule has 1 aromatic carbocycles. The summed E-state index contributed by atoms with van der Waals surface area (Å²) in [5.41, 5.74) is -0.282. The summed E-state index contributed by atoms with van der Waals surface area (Å²) in [6.07, 6.45) is 1.88. The lowest BCUT2D eigenvalue weighted by Crippen LogP contribution is -2.61. The zero-order chi connectivity index (χ0) is 17.4. The highest BCUT2D eigenvalue weighted by atomic mass is 16.6. The van der Waals surface area contributed by atoms with Gasteiger partial charge in [-0.05, 0) is 31.7 Å². The molecule has 0 unspecified atom stereocenters. The first kappa shape index (κ1) is 17.4. The zero-order valence-electron chi connectivity index (χ0n) is 14.7. The van der Waals surface area contributed by atoms with Gasteiger partial charge in [0.1, 0.15) is 11.8 Å². The van der Waals surface area contributed by atoms with E-state index in [1.54, 1.807) is 7.11 Å². The Morgan fingerprint density at radius 3 is 2.62 bits per heavy atom. The molecule has 0 aromatic heterocycles. The Morgan fingerprint density at radius 2 is 2.04 bits per heavy atom. The number of carbonyl (C=O) groups excluding carboxylic acids is 1. The van der Waals surface area contributed by atoms with Crippen molar-refractivity contribution in [3.05, 3.63) is 35.9 Å². The van der Waals surface area contributed by atoms with Crippen LogP contribution in [0.3, 0.4) is 0 Å². The maximum absolute atomic E-state index is 13.2. The van der Waals surface area contributed by atoms with E-state index in [4.69, 9.17) is 9.47 Å². The lowest BCUT2D eigenvalue weighted by atomic mass is 9.77. The molecular formula is C19H27NO4. The SMILES string of the molecule is CC[C@@]12CC[C@@](C)(CO)C(=O)N1[C@@H](COC)[C@H](c1ccccc1)O2. The highest BCUT2D eigenvalue weighted by Gasteiger charge is 2.60. The van der Waals surface area contributed by atoms with Crippen molar-refractivity contribution in [2.45, 2.75) is 51.0 Å². The van der Waals surface area contributed by atoms with Crippen molar-refractivity contribution in [2.24, 2.45) is 5.41 Å². The van der Waals surface area contributed by atoms with Crippen molar-refractivity contribution in [3.8, 4) is 0 Å². The number of hydrogen-bond acceptors (Lipinski definition) is 4. The van der Waals surface area contributed by atoms with Crippen LogP contribution in [-0.4, -0.2) is 48.0 Å². The van der Waals surface area contributed by atoms with E-state index in [1.807, 2.05) is 42.2 Å². The Balaban J connectivity index is 2.03. The molecule has 0 bridgehead atoms. The summed E-state index contributed by atoms with van der Waals surface area (Å²) in [4.78, 5) is 15.1. The molecule has 0 spiro atoms. The average molecular weight is 333 g/mol. The van der Waals surface area contributed by atoms with E-state index in [9.17, 15) is 9.90 Å².